The van der Waals surface area contributed by atoms with Crippen LogP contribution in [0.5, 0.6) is 0 Å². The van der Waals surface area contributed by atoms with E-state index in [-0.39, 0.29) is 6.42 Å². The average molecular weight is 252 g/mol. The van der Waals surface area contributed by atoms with Gasteiger partial charge in [-0.05, 0) is 27.2 Å². The molecule has 0 fully saturated rings. The van der Waals surface area contributed by atoms with E-state index in [4.69, 9.17) is 5.11 Å². The number of hydrogen-bond acceptors (Lipinski definition) is 5. The highest BCUT2D eigenvalue weighted by atomic mass is 16.4. The zero-order valence-corrected chi connectivity index (χ0v) is 11.0. The number of rotatable bonds is 7. The number of hydrogen-bond donors (Lipinski definition) is 3. The van der Waals surface area contributed by atoms with Gasteiger partial charge in [-0.15, -0.1) is 0 Å². The molecule has 0 saturated heterocycles. The standard InChI is InChI=1S/C12H20N4O2/c1-8(2)14-11-7-10(15-9(3)16-11)13-6-4-5-12(17)18/h7-8H,4-6H2,1-3H3,(H,17,18)(H2,13,14,15,16). The zero-order valence-electron chi connectivity index (χ0n) is 11.0. The van der Waals surface area contributed by atoms with Crippen molar-refractivity contribution in [1.82, 2.24) is 9.97 Å². The number of carboxylic acids is 1. The van der Waals surface area contributed by atoms with Crippen molar-refractivity contribution in [1.29, 1.82) is 0 Å². The number of aryl methyl sites for hydroxylation is 1. The van der Waals surface area contributed by atoms with Gasteiger partial charge in [0.1, 0.15) is 17.5 Å². The van der Waals surface area contributed by atoms with Crippen LogP contribution in [0.2, 0.25) is 0 Å². The Morgan fingerprint density at radius 2 is 2.06 bits per heavy atom. The van der Waals surface area contributed by atoms with Crippen LogP contribution in [0.25, 0.3) is 0 Å². The molecule has 3 N–H and O–H groups in total. The first-order valence-electron chi connectivity index (χ1n) is 6.05. The quantitative estimate of drug-likeness (QED) is 0.642. The molecule has 18 heavy (non-hydrogen) atoms. The van der Waals surface area contributed by atoms with Gasteiger partial charge in [0.15, 0.2) is 0 Å². The fourth-order valence-electron chi connectivity index (χ4n) is 1.48. The molecule has 0 amide bonds. The summed E-state index contributed by atoms with van der Waals surface area (Å²) in [4.78, 5) is 18.9. The van der Waals surface area contributed by atoms with Gasteiger partial charge in [0, 0.05) is 25.1 Å². The highest BCUT2D eigenvalue weighted by molar-refractivity contribution is 5.66. The molecule has 0 aliphatic carbocycles. The maximum atomic E-state index is 10.4. The summed E-state index contributed by atoms with van der Waals surface area (Å²) in [5, 5.41) is 14.8. The van der Waals surface area contributed by atoms with Crippen LogP contribution in [-0.4, -0.2) is 33.6 Å². The fourth-order valence-corrected chi connectivity index (χ4v) is 1.48. The van der Waals surface area contributed by atoms with Crippen LogP contribution in [0, 0.1) is 6.92 Å². The molecular weight excluding hydrogens is 232 g/mol. The maximum absolute atomic E-state index is 10.4. The number of aromatic nitrogens is 2. The predicted molar refractivity (Wildman–Crippen MR) is 70.9 cm³/mol. The third-order valence-electron chi connectivity index (χ3n) is 2.15. The Kier molecular flexibility index (Phi) is 5.35. The summed E-state index contributed by atoms with van der Waals surface area (Å²) in [6.45, 7) is 6.49. The highest BCUT2D eigenvalue weighted by Crippen LogP contribution is 2.12. The van der Waals surface area contributed by atoms with Gasteiger partial charge in [-0.2, -0.15) is 0 Å². The van der Waals surface area contributed by atoms with E-state index in [1.54, 1.807) is 0 Å². The summed E-state index contributed by atoms with van der Waals surface area (Å²) in [5.41, 5.74) is 0. The summed E-state index contributed by atoms with van der Waals surface area (Å²) in [7, 11) is 0. The van der Waals surface area contributed by atoms with Crippen LogP contribution in [0.15, 0.2) is 6.07 Å². The van der Waals surface area contributed by atoms with E-state index in [1.165, 1.54) is 0 Å². The van der Waals surface area contributed by atoms with Crippen LogP contribution >= 0.6 is 0 Å². The molecule has 0 aliphatic rings. The van der Waals surface area contributed by atoms with E-state index in [2.05, 4.69) is 20.6 Å². The lowest BCUT2D eigenvalue weighted by atomic mass is 10.3. The van der Waals surface area contributed by atoms with E-state index in [9.17, 15) is 4.79 Å². The number of aliphatic carboxylic acids is 1. The normalized spacial score (nSPS) is 10.4. The first kappa shape index (κ1) is 14.2. The summed E-state index contributed by atoms with van der Waals surface area (Å²) in [5.74, 6) is 1.40. The fraction of sp³-hybridized carbons (Fsp3) is 0.583. The molecule has 0 radical (unpaired) electrons. The van der Waals surface area contributed by atoms with E-state index < -0.39 is 5.97 Å². The molecule has 1 aromatic heterocycles. The van der Waals surface area contributed by atoms with E-state index in [0.29, 0.717) is 24.8 Å². The van der Waals surface area contributed by atoms with Gasteiger partial charge >= 0.3 is 5.97 Å². The number of anilines is 2. The minimum atomic E-state index is -0.780. The van der Waals surface area contributed by atoms with Crippen molar-refractivity contribution in [2.24, 2.45) is 0 Å². The largest absolute Gasteiger partial charge is 0.481 e. The van der Waals surface area contributed by atoms with Gasteiger partial charge in [0.05, 0.1) is 0 Å². The Morgan fingerprint density at radius 3 is 2.67 bits per heavy atom. The Bertz CT molecular complexity index is 407. The molecule has 1 rings (SSSR count). The second-order valence-corrected chi connectivity index (χ2v) is 4.41. The predicted octanol–water partition coefficient (Wildman–Crippen LogP) is 1.88. The summed E-state index contributed by atoms with van der Waals surface area (Å²) in [6, 6.07) is 2.13. The summed E-state index contributed by atoms with van der Waals surface area (Å²) in [6.07, 6.45) is 0.736. The molecule has 0 saturated carbocycles. The van der Waals surface area contributed by atoms with Gasteiger partial charge in [-0.1, -0.05) is 0 Å². The van der Waals surface area contributed by atoms with Gasteiger partial charge in [0.2, 0.25) is 0 Å². The number of carbonyl (C=O) groups is 1. The molecule has 6 nitrogen and oxygen atoms in total. The van der Waals surface area contributed by atoms with E-state index in [0.717, 1.165) is 11.6 Å². The Labute approximate surface area is 107 Å². The maximum Gasteiger partial charge on any atom is 0.303 e. The second kappa shape index (κ2) is 6.78. The molecule has 1 aromatic rings. The molecule has 1 heterocycles. The van der Waals surface area contributed by atoms with Crippen molar-refractivity contribution in [2.75, 3.05) is 17.2 Å². The van der Waals surface area contributed by atoms with Crippen molar-refractivity contribution >= 4 is 17.6 Å². The van der Waals surface area contributed by atoms with Crippen LogP contribution in [0.3, 0.4) is 0 Å². The summed E-state index contributed by atoms with van der Waals surface area (Å²) < 4.78 is 0. The number of carboxylic acid groups (broad SMARTS) is 1. The monoisotopic (exact) mass is 252 g/mol. The molecule has 0 bridgehead atoms. The first-order valence-corrected chi connectivity index (χ1v) is 6.05. The summed E-state index contributed by atoms with van der Waals surface area (Å²) >= 11 is 0. The van der Waals surface area contributed by atoms with E-state index in [1.807, 2.05) is 26.8 Å². The Balaban J connectivity index is 2.54. The van der Waals surface area contributed by atoms with Gasteiger partial charge in [-0.3, -0.25) is 4.79 Å². The molecule has 6 heteroatoms. The zero-order chi connectivity index (χ0) is 13.5. The lowest BCUT2D eigenvalue weighted by molar-refractivity contribution is -0.137. The third-order valence-corrected chi connectivity index (χ3v) is 2.15. The lowest BCUT2D eigenvalue weighted by Crippen LogP contribution is -2.13. The van der Waals surface area contributed by atoms with E-state index >= 15 is 0 Å². The minimum absolute atomic E-state index is 0.161. The Hall–Kier alpha value is -1.85. The van der Waals surface area contributed by atoms with Crippen molar-refractivity contribution in [2.45, 2.75) is 39.7 Å². The molecule has 0 aliphatic heterocycles. The SMILES string of the molecule is Cc1nc(NCCCC(=O)O)cc(NC(C)C)n1. The first-order chi connectivity index (χ1) is 8.47. The lowest BCUT2D eigenvalue weighted by Gasteiger charge is -2.11. The van der Waals surface area contributed by atoms with Crippen molar-refractivity contribution in [3.8, 4) is 0 Å². The van der Waals surface area contributed by atoms with Gasteiger partial charge < -0.3 is 15.7 Å². The smallest absolute Gasteiger partial charge is 0.303 e. The van der Waals surface area contributed by atoms with Gasteiger partial charge in [0.25, 0.3) is 0 Å². The third kappa shape index (κ3) is 5.47. The molecule has 0 spiro atoms. The highest BCUT2D eigenvalue weighted by Gasteiger charge is 2.03. The van der Waals surface area contributed by atoms with Crippen LogP contribution in [0.4, 0.5) is 11.6 Å². The topological polar surface area (TPSA) is 87.1 Å². The van der Waals surface area contributed by atoms with Gasteiger partial charge in [-0.25, -0.2) is 9.97 Å². The molecule has 0 aromatic carbocycles. The second-order valence-electron chi connectivity index (χ2n) is 4.41. The van der Waals surface area contributed by atoms with Crippen LogP contribution in [0.1, 0.15) is 32.5 Å². The van der Waals surface area contributed by atoms with Crippen molar-refractivity contribution < 1.29 is 9.90 Å². The van der Waals surface area contributed by atoms with Crippen LogP contribution < -0.4 is 10.6 Å². The van der Waals surface area contributed by atoms with Crippen molar-refractivity contribution in [3.05, 3.63) is 11.9 Å². The number of nitrogens with zero attached hydrogens (tertiary/aromatic N) is 2. The average Bonchev–Trinajstić information content (AvgIpc) is 2.22. The Morgan fingerprint density at radius 1 is 1.39 bits per heavy atom. The molecule has 100 valence electrons. The molecule has 0 atom stereocenters. The molecule has 0 unspecified atom stereocenters. The van der Waals surface area contributed by atoms with Crippen molar-refractivity contribution in [3.63, 3.8) is 0 Å². The minimum Gasteiger partial charge on any atom is -0.481 e. The molecular formula is C12H20N4O2. The number of nitrogens with one attached hydrogen (secondary N) is 2. The van der Waals surface area contributed by atoms with Crippen LogP contribution in [-0.2, 0) is 4.79 Å².